The van der Waals surface area contributed by atoms with Crippen LogP contribution in [-0.4, -0.2) is 27.3 Å². The fraction of sp³-hybridized carbons (Fsp3) is 0.300. The van der Waals surface area contributed by atoms with Crippen LogP contribution < -0.4 is 0 Å². The number of hydrogen-bond donors (Lipinski definition) is 0. The summed E-state index contributed by atoms with van der Waals surface area (Å²) in [6.45, 7) is 2.18. The van der Waals surface area contributed by atoms with Crippen molar-refractivity contribution >= 4 is 51.2 Å². The predicted molar refractivity (Wildman–Crippen MR) is 71.9 cm³/mol. The van der Waals surface area contributed by atoms with Crippen molar-refractivity contribution in [2.24, 2.45) is 0 Å². The van der Waals surface area contributed by atoms with Crippen LogP contribution >= 0.6 is 34.2 Å². The van der Waals surface area contributed by atoms with E-state index in [1.807, 2.05) is 0 Å². The molecule has 5 nitrogen and oxygen atoms in total. The molecule has 2 aromatic heterocycles. The highest BCUT2D eigenvalue weighted by atomic mass is 127. The summed E-state index contributed by atoms with van der Waals surface area (Å²) in [5, 5.41) is 5.62. The van der Waals surface area contributed by atoms with E-state index in [0.717, 1.165) is 9.09 Å². The number of carbonyl (C=O) groups is 1. The predicted octanol–water partition coefficient (Wildman–Crippen LogP) is 2.25. The second kappa shape index (κ2) is 5.18. The summed E-state index contributed by atoms with van der Waals surface area (Å²) in [7, 11) is 0. The van der Waals surface area contributed by atoms with E-state index in [0.29, 0.717) is 17.3 Å². The van der Waals surface area contributed by atoms with Crippen LogP contribution in [0.5, 0.6) is 0 Å². The largest absolute Gasteiger partial charge is 0.465 e. The molecule has 0 unspecified atom stereocenters. The van der Waals surface area contributed by atoms with Gasteiger partial charge in [0.2, 0.25) is 0 Å². The molecule has 0 atom stereocenters. The summed E-state index contributed by atoms with van der Waals surface area (Å²) in [4.78, 5) is 15.6. The Labute approximate surface area is 116 Å². The van der Waals surface area contributed by atoms with E-state index in [1.54, 1.807) is 13.0 Å². The Morgan fingerprint density at radius 2 is 2.41 bits per heavy atom. The monoisotopic (exact) mass is 365 g/mol. The maximum absolute atomic E-state index is 11.4. The third kappa shape index (κ3) is 2.68. The first-order valence-corrected chi connectivity index (χ1v) is 6.40. The van der Waals surface area contributed by atoms with E-state index in [-0.39, 0.29) is 12.5 Å². The van der Waals surface area contributed by atoms with Gasteiger partial charge in [-0.15, -0.1) is 0 Å². The lowest BCUT2D eigenvalue weighted by Gasteiger charge is -2.02. The summed E-state index contributed by atoms with van der Waals surface area (Å²) in [5.74, 6) is -0.329. The number of nitrogens with zero attached hydrogens (tertiary/aromatic N) is 3. The van der Waals surface area contributed by atoms with Crippen molar-refractivity contribution in [2.45, 2.75) is 13.5 Å². The molecule has 17 heavy (non-hydrogen) atoms. The first kappa shape index (κ1) is 12.6. The minimum absolute atomic E-state index is 0.0575. The molecule has 0 bridgehead atoms. The van der Waals surface area contributed by atoms with Gasteiger partial charge in [0.1, 0.15) is 10.2 Å². The van der Waals surface area contributed by atoms with Crippen LogP contribution in [0.1, 0.15) is 6.92 Å². The van der Waals surface area contributed by atoms with Gasteiger partial charge in [0.05, 0.1) is 17.0 Å². The van der Waals surface area contributed by atoms with Crippen LogP contribution in [0.2, 0.25) is 5.02 Å². The minimum Gasteiger partial charge on any atom is -0.465 e. The van der Waals surface area contributed by atoms with Gasteiger partial charge >= 0.3 is 5.97 Å². The second-order valence-electron chi connectivity index (χ2n) is 3.28. The molecule has 0 saturated carbocycles. The van der Waals surface area contributed by atoms with Gasteiger partial charge in [-0.1, -0.05) is 11.6 Å². The molecule has 0 radical (unpaired) electrons. The normalized spacial score (nSPS) is 10.8. The molecule has 0 aliphatic carbocycles. The Morgan fingerprint density at radius 3 is 3.12 bits per heavy atom. The van der Waals surface area contributed by atoms with Gasteiger partial charge in [0, 0.05) is 6.20 Å². The molecule has 0 spiro atoms. The zero-order chi connectivity index (χ0) is 12.4. The number of pyridine rings is 1. The Bertz CT molecular complexity index is 570. The summed E-state index contributed by atoms with van der Waals surface area (Å²) in [6, 6.07) is 1.78. The molecule has 7 heteroatoms. The molecule has 0 fully saturated rings. The molecule has 0 N–H and O–H groups in total. The fourth-order valence-corrected chi connectivity index (χ4v) is 2.25. The third-order valence-corrected chi connectivity index (χ3v) is 3.10. The molecular weight excluding hydrogens is 356 g/mol. The number of aromatic nitrogens is 3. The topological polar surface area (TPSA) is 57.0 Å². The average Bonchev–Trinajstić information content (AvgIpc) is 2.56. The van der Waals surface area contributed by atoms with E-state index in [9.17, 15) is 4.79 Å². The van der Waals surface area contributed by atoms with Gasteiger partial charge in [-0.05, 0) is 35.6 Å². The molecule has 0 aliphatic rings. The number of carbonyl (C=O) groups excluding carboxylic acids is 1. The van der Waals surface area contributed by atoms with Crippen LogP contribution in [0.15, 0.2) is 12.3 Å². The van der Waals surface area contributed by atoms with Crippen LogP contribution in [0.25, 0.3) is 11.0 Å². The van der Waals surface area contributed by atoms with Crippen LogP contribution in [0.4, 0.5) is 0 Å². The van der Waals surface area contributed by atoms with E-state index < -0.39 is 0 Å². The Balaban J connectivity index is 2.38. The van der Waals surface area contributed by atoms with E-state index >= 15 is 0 Å². The molecule has 2 aromatic rings. The summed E-state index contributed by atoms with van der Waals surface area (Å²) in [6.07, 6.45) is 1.53. The van der Waals surface area contributed by atoms with Gasteiger partial charge in [0.15, 0.2) is 5.65 Å². The minimum atomic E-state index is -0.329. The smallest absolute Gasteiger partial charge is 0.327 e. The number of ether oxygens (including phenoxy) is 1. The standard InChI is InChI=1S/C10H9ClIN3O2/c1-2-17-8(16)5-15-10-7(9(12)14-15)3-6(11)4-13-10/h3-4H,2,5H2,1H3. The summed E-state index contributed by atoms with van der Waals surface area (Å²) in [5.41, 5.74) is 0.631. The summed E-state index contributed by atoms with van der Waals surface area (Å²) >= 11 is 7.94. The molecule has 0 amide bonds. The lowest BCUT2D eigenvalue weighted by atomic mass is 10.3. The van der Waals surface area contributed by atoms with Crippen molar-refractivity contribution in [3.63, 3.8) is 0 Å². The van der Waals surface area contributed by atoms with Gasteiger partial charge in [0.25, 0.3) is 0 Å². The molecule has 0 aliphatic heterocycles. The zero-order valence-electron chi connectivity index (χ0n) is 8.98. The molecule has 2 rings (SSSR count). The molecule has 2 heterocycles. The molecular formula is C10H9ClIN3O2. The SMILES string of the molecule is CCOC(=O)Cn1nc(I)c2cc(Cl)cnc21. The Morgan fingerprint density at radius 1 is 1.65 bits per heavy atom. The zero-order valence-corrected chi connectivity index (χ0v) is 11.9. The second-order valence-corrected chi connectivity index (χ2v) is 4.74. The van der Waals surface area contributed by atoms with Crippen molar-refractivity contribution in [2.75, 3.05) is 6.61 Å². The maximum Gasteiger partial charge on any atom is 0.327 e. The van der Waals surface area contributed by atoms with Crippen LogP contribution in [0, 0.1) is 3.70 Å². The lowest BCUT2D eigenvalue weighted by molar-refractivity contribution is -0.143. The van der Waals surface area contributed by atoms with Gasteiger partial charge in [-0.3, -0.25) is 4.79 Å². The van der Waals surface area contributed by atoms with Gasteiger partial charge in [-0.25, -0.2) is 9.67 Å². The van der Waals surface area contributed by atoms with Crippen molar-refractivity contribution in [1.82, 2.24) is 14.8 Å². The number of halogens is 2. The molecule has 0 saturated heterocycles. The van der Waals surface area contributed by atoms with E-state index in [1.165, 1.54) is 10.9 Å². The lowest BCUT2D eigenvalue weighted by Crippen LogP contribution is -2.14. The first-order chi connectivity index (χ1) is 8.11. The van der Waals surface area contributed by atoms with Crippen LogP contribution in [0.3, 0.4) is 0 Å². The van der Waals surface area contributed by atoms with Crippen molar-refractivity contribution in [1.29, 1.82) is 0 Å². The average molecular weight is 366 g/mol. The van der Waals surface area contributed by atoms with E-state index in [2.05, 4.69) is 32.7 Å². The number of hydrogen-bond acceptors (Lipinski definition) is 4. The van der Waals surface area contributed by atoms with Crippen LogP contribution in [-0.2, 0) is 16.1 Å². The quantitative estimate of drug-likeness (QED) is 0.618. The number of fused-ring (bicyclic) bond motifs is 1. The highest BCUT2D eigenvalue weighted by Gasteiger charge is 2.13. The Hall–Kier alpha value is -0.890. The molecule has 0 aromatic carbocycles. The Kier molecular flexibility index (Phi) is 3.82. The van der Waals surface area contributed by atoms with Crippen molar-refractivity contribution in [3.8, 4) is 0 Å². The van der Waals surface area contributed by atoms with Gasteiger partial charge < -0.3 is 4.74 Å². The van der Waals surface area contributed by atoms with E-state index in [4.69, 9.17) is 16.3 Å². The van der Waals surface area contributed by atoms with Crippen molar-refractivity contribution < 1.29 is 9.53 Å². The highest BCUT2D eigenvalue weighted by Crippen LogP contribution is 2.21. The third-order valence-electron chi connectivity index (χ3n) is 2.09. The summed E-state index contributed by atoms with van der Waals surface area (Å²) < 4.78 is 7.15. The molecule has 90 valence electrons. The highest BCUT2D eigenvalue weighted by molar-refractivity contribution is 14.1. The maximum atomic E-state index is 11.4. The number of esters is 1. The van der Waals surface area contributed by atoms with Crippen molar-refractivity contribution in [3.05, 3.63) is 21.0 Å². The number of rotatable bonds is 3. The van der Waals surface area contributed by atoms with Gasteiger partial charge in [-0.2, -0.15) is 5.10 Å². The first-order valence-electron chi connectivity index (χ1n) is 4.95. The fourth-order valence-electron chi connectivity index (χ4n) is 1.44.